The van der Waals surface area contributed by atoms with Gasteiger partial charge in [-0.2, -0.15) is 0 Å². The summed E-state index contributed by atoms with van der Waals surface area (Å²) in [6, 6.07) is 6.31. The van der Waals surface area contributed by atoms with E-state index in [0.717, 1.165) is 37.7 Å². The quantitative estimate of drug-likeness (QED) is 0.315. The summed E-state index contributed by atoms with van der Waals surface area (Å²) in [7, 11) is 0. The van der Waals surface area contributed by atoms with Gasteiger partial charge in [-0.1, -0.05) is 78.1 Å². The molecule has 0 radical (unpaired) electrons. The van der Waals surface area contributed by atoms with Gasteiger partial charge in [0.1, 0.15) is 17.7 Å². The monoisotopic (exact) mass is 503 g/mol. The second-order valence-corrected chi connectivity index (χ2v) is 10.5. The van der Waals surface area contributed by atoms with E-state index >= 15 is 0 Å². The molecule has 0 saturated heterocycles. The van der Waals surface area contributed by atoms with Gasteiger partial charge in [0.2, 0.25) is 11.8 Å². The van der Waals surface area contributed by atoms with Crippen LogP contribution in [0.2, 0.25) is 0 Å². The van der Waals surface area contributed by atoms with Gasteiger partial charge in [0.25, 0.3) is 0 Å². The van der Waals surface area contributed by atoms with Crippen LogP contribution >= 0.6 is 0 Å². The third-order valence-corrected chi connectivity index (χ3v) is 6.28. The van der Waals surface area contributed by atoms with Gasteiger partial charge < -0.3 is 20.3 Å². The maximum atomic E-state index is 14.1. The molecule has 36 heavy (non-hydrogen) atoms. The highest BCUT2D eigenvalue weighted by Gasteiger charge is 2.37. The number of benzene rings is 1. The fourth-order valence-electron chi connectivity index (χ4n) is 3.88. The van der Waals surface area contributed by atoms with Crippen LogP contribution in [0.4, 0.5) is 4.79 Å². The van der Waals surface area contributed by atoms with Crippen molar-refractivity contribution in [3.05, 3.63) is 35.4 Å². The van der Waals surface area contributed by atoms with Crippen molar-refractivity contribution in [2.45, 2.75) is 112 Å². The summed E-state index contributed by atoms with van der Waals surface area (Å²) in [6.07, 6.45) is 4.39. The van der Waals surface area contributed by atoms with Crippen LogP contribution in [0.3, 0.4) is 0 Å². The maximum absolute atomic E-state index is 14.1. The number of hydrogen-bond donors (Lipinski definition) is 2. The Kier molecular flexibility index (Phi) is 13.6. The molecule has 7 heteroatoms. The van der Waals surface area contributed by atoms with E-state index in [9.17, 15) is 14.4 Å². The lowest BCUT2D eigenvalue weighted by Gasteiger charge is -2.36. The topological polar surface area (TPSA) is 87.7 Å². The van der Waals surface area contributed by atoms with Gasteiger partial charge in [0.15, 0.2) is 0 Å². The molecule has 0 fully saturated rings. The van der Waals surface area contributed by atoms with E-state index in [1.165, 1.54) is 5.56 Å². The van der Waals surface area contributed by atoms with Crippen molar-refractivity contribution in [1.29, 1.82) is 0 Å². The van der Waals surface area contributed by atoms with Crippen molar-refractivity contribution in [2.24, 2.45) is 5.92 Å². The first kappa shape index (κ1) is 31.5. The molecule has 1 aromatic carbocycles. The van der Waals surface area contributed by atoms with Crippen molar-refractivity contribution >= 4 is 17.9 Å². The standard InChI is InChI=1S/C29H49N3O4/c1-9-13-19-30-26(33)25(23-17-15-22(12-4)16-18-23)32(20-14-10-2)27(34)24(21(5)11-3)31-28(35)36-29(6,7)8/h15-18,21,24-25H,9-14,19-20H2,1-8H3,(H,30,33)(H,31,35). The van der Waals surface area contributed by atoms with Gasteiger partial charge in [0, 0.05) is 13.1 Å². The summed E-state index contributed by atoms with van der Waals surface area (Å²) in [4.78, 5) is 42.0. The number of carbonyl (C=O) groups excluding carboxylic acids is 3. The molecule has 7 nitrogen and oxygen atoms in total. The number of hydrogen-bond acceptors (Lipinski definition) is 4. The Bertz CT molecular complexity index is 817. The summed E-state index contributed by atoms with van der Waals surface area (Å²) in [5, 5.41) is 5.84. The normalized spacial score (nSPS) is 13.9. The molecule has 2 N–H and O–H groups in total. The van der Waals surface area contributed by atoms with Crippen LogP contribution < -0.4 is 10.6 Å². The van der Waals surface area contributed by atoms with Crippen molar-refractivity contribution in [1.82, 2.24) is 15.5 Å². The molecule has 0 heterocycles. The molecule has 0 aromatic heterocycles. The Labute approximate surface area is 218 Å². The predicted molar refractivity (Wildman–Crippen MR) is 146 cm³/mol. The number of ether oxygens (including phenoxy) is 1. The molecule has 1 rings (SSSR count). The number of unbranched alkanes of at least 4 members (excludes halogenated alkanes) is 2. The zero-order chi connectivity index (χ0) is 27.3. The first-order valence-electron chi connectivity index (χ1n) is 13.6. The summed E-state index contributed by atoms with van der Waals surface area (Å²) in [5.41, 5.74) is 1.25. The third-order valence-electron chi connectivity index (χ3n) is 6.28. The zero-order valence-electron chi connectivity index (χ0n) is 23.8. The molecule has 3 amide bonds. The smallest absolute Gasteiger partial charge is 0.408 e. The lowest BCUT2D eigenvalue weighted by molar-refractivity contribution is -0.143. The lowest BCUT2D eigenvalue weighted by Crippen LogP contribution is -2.55. The highest BCUT2D eigenvalue weighted by Crippen LogP contribution is 2.26. The van der Waals surface area contributed by atoms with Gasteiger partial charge in [-0.3, -0.25) is 9.59 Å². The highest BCUT2D eigenvalue weighted by atomic mass is 16.6. The lowest BCUT2D eigenvalue weighted by atomic mass is 9.95. The minimum atomic E-state index is -0.803. The first-order valence-corrected chi connectivity index (χ1v) is 13.6. The predicted octanol–water partition coefficient (Wildman–Crippen LogP) is 5.77. The second kappa shape index (κ2) is 15.5. The van der Waals surface area contributed by atoms with Gasteiger partial charge in [-0.25, -0.2) is 4.79 Å². The number of rotatable bonds is 14. The van der Waals surface area contributed by atoms with E-state index in [1.807, 2.05) is 38.1 Å². The van der Waals surface area contributed by atoms with Crippen LogP contribution in [-0.4, -0.2) is 47.5 Å². The van der Waals surface area contributed by atoms with Gasteiger partial charge in [0.05, 0.1) is 0 Å². The van der Waals surface area contributed by atoms with Gasteiger partial charge in [-0.15, -0.1) is 0 Å². The summed E-state index contributed by atoms with van der Waals surface area (Å²) >= 11 is 0. The number of alkyl carbamates (subject to hydrolysis) is 1. The third kappa shape index (κ3) is 10.2. The molecular weight excluding hydrogens is 454 g/mol. The number of nitrogens with zero attached hydrogens (tertiary/aromatic N) is 1. The Hall–Kier alpha value is -2.57. The van der Waals surface area contributed by atoms with E-state index in [1.54, 1.807) is 25.7 Å². The molecule has 204 valence electrons. The molecule has 3 atom stereocenters. The molecule has 3 unspecified atom stereocenters. The largest absolute Gasteiger partial charge is 0.444 e. The minimum absolute atomic E-state index is 0.139. The Morgan fingerprint density at radius 3 is 2.08 bits per heavy atom. The Balaban J connectivity index is 3.45. The van der Waals surface area contributed by atoms with E-state index in [-0.39, 0.29) is 17.7 Å². The maximum Gasteiger partial charge on any atom is 0.408 e. The second-order valence-electron chi connectivity index (χ2n) is 10.5. The summed E-state index contributed by atoms with van der Waals surface area (Å²) < 4.78 is 5.46. The van der Waals surface area contributed by atoms with Crippen LogP contribution in [0.1, 0.15) is 105 Å². The summed E-state index contributed by atoms with van der Waals surface area (Å²) in [6.45, 7) is 16.5. The van der Waals surface area contributed by atoms with Crippen molar-refractivity contribution in [3.8, 4) is 0 Å². The zero-order valence-corrected chi connectivity index (χ0v) is 23.8. The van der Waals surface area contributed by atoms with Crippen LogP contribution in [0.15, 0.2) is 24.3 Å². The van der Waals surface area contributed by atoms with Crippen LogP contribution in [0.5, 0.6) is 0 Å². The number of aryl methyl sites for hydroxylation is 1. The highest BCUT2D eigenvalue weighted by molar-refractivity contribution is 5.92. The molecule has 0 aliphatic heterocycles. The molecule has 0 aliphatic rings. The minimum Gasteiger partial charge on any atom is -0.444 e. The Morgan fingerprint density at radius 2 is 1.58 bits per heavy atom. The van der Waals surface area contributed by atoms with Crippen molar-refractivity contribution in [2.75, 3.05) is 13.1 Å². The van der Waals surface area contributed by atoms with Crippen LogP contribution in [-0.2, 0) is 20.7 Å². The fraction of sp³-hybridized carbons (Fsp3) is 0.690. The first-order chi connectivity index (χ1) is 17.0. The summed E-state index contributed by atoms with van der Waals surface area (Å²) in [5.74, 6) is -0.600. The van der Waals surface area contributed by atoms with E-state index in [4.69, 9.17) is 4.74 Å². The van der Waals surface area contributed by atoms with Crippen molar-refractivity contribution in [3.63, 3.8) is 0 Å². The number of carbonyl (C=O) groups is 3. The van der Waals surface area contributed by atoms with Crippen LogP contribution in [0, 0.1) is 5.92 Å². The Morgan fingerprint density at radius 1 is 0.972 bits per heavy atom. The molecule has 1 aromatic rings. The SMILES string of the molecule is CCCCNC(=O)C(c1ccc(CC)cc1)N(CCCC)C(=O)C(NC(=O)OC(C)(C)C)C(C)CC. The molecule has 0 bridgehead atoms. The van der Waals surface area contributed by atoms with E-state index in [2.05, 4.69) is 31.4 Å². The average Bonchev–Trinajstić information content (AvgIpc) is 2.83. The van der Waals surface area contributed by atoms with E-state index < -0.39 is 23.8 Å². The van der Waals surface area contributed by atoms with Gasteiger partial charge >= 0.3 is 6.09 Å². The number of amides is 3. The number of nitrogens with one attached hydrogen (secondary N) is 2. The van der Waals surface area contributed by atoms with E-state index in [0.29, 0.717) is 19.5 Å². The van der Waals surface area contributed by atoms with Crippen LogP contribution in [0.25, 0.3) is 0 Å². The van der Waals surface area contributed by atoms with Crippen molar-refractivity contribution < 1.29 is 19.1 Å². The average molecular weight is 504 g/mol. The molecule has 0 aliphatic carbocycles. The molecular formula is C29H49N3O4. The molecule has 0 saturated carbocycles. The fourth-order valence-corrected chi connectivity index (χ4v) is 3.88. The molecule has 0 spiro atoms. The van der Waals surface area contributed by atoms with Gasteiger partial charge in [-0.05, 0) is 57.1 Å².